The molecule has 1 fully saturated rings. The van der Waals surface area contributed by atoms with Gasteiger partial charge in [0, 0.05) is 18.5 Å². The van der Waals surface area contributed by atoms with Crippen LogP contribution in [0.2, 0.25) is 0 Å². The molecule has 4 heteroatoms. The van der Waals surface area contributed by atoms with E-state index in [1.165, 1.54) is 0 Å². The van der Waals surface area contributed by atoms with E-state index in [0.29, 0.717) is 13.0 Å². The van der Waals surface area contributed by atoms with E-state index in [4.69, 9.17) is 0 Å². The number of carbonyl (C=O) groups excluding carboxylic acids is 1. The van der Waals surface area contributed by atoms with Gasteiger partial charge in [-0.25, -0.2) is 0 Å². The number of benzene rings is 1. The van der Waals surface area contributed by atoms with Gasteiger partial charge in [-0.1, -0.05) is 36.4 Å². The molecule has 0 bridgehead atoms. The van der Waals surface area contributed by atoms with Gasteiger partial charge in [-0.3, -0.25) is 9.69 Å². The highest BCUT2D eigenvalue weighted by molar-refractivity contribution is 5.75. The zero-order valence-corrected chi connectivity index (χ0v) is 10.6. The van der Waals surface area contributed by atoms with E-state index >= 15 is 0 Å². The molecule has 0 saturated carbocycles. The summed E-state index contributed by atoms with van der Waals surface area (Å²) in [5.74, 6) is -1.17. The Morgan fingerprint density at radius 3 is 2.63 bits per heavy atom. The van der Waals surface area contributed by atoms with Gasteiger partial charge in [0.25, 0.3) is 0 Å². The summed E-state index contributed by atoms with van der Waals surface area (Å²) in [7, 11) is 0. The van der Waals surface area contributed by atoms with E-state index in [0.717, 1.165) is 11.8 Å². The summed E-state index contributed by atoms with van der Waals surface area (Å²) in [5.41, 5.74) is 1.03. The van der Waals surface area contributed by atoms with Crippen molar-refractivity contribution in [3.05, 3.63) is 48.6 Å². The number of hydrogen-bond acceptors (Lipinski definition) is 3. The maximum absolute atomic E-state index is 11.3. The maximum atomic E-state index is 11.3. The molecule has 1 aliphatic heterocycles. The minimum absolute atomic E-state index is 0.209. The van der Waals surface area contributed by atoms with E-state index < -0.39 is 12.0 Å². The minimum atomic E-state index is -0.882. The number of carbonyl (C=O) groups is 2. The standard InChI is InChI=1S/C15H17NO3/c1-2-13-12(10-17)8-14(15(18)19)16(13)9-11-6-4-3-5-7-11/h2-7,10,12-14H,1,8-9H2,(H,18,19)/t12-,13+,14-/m1/s1. The Morgan fingerprint density at radius 1 is 1.42 bits per heavy atom. The zero-order chi connectivity index (χ0) is 13.8. The summed E-state index contributed by atoms with van der Waals surface area (Å²) in [6.07, 6.45) is 2.86. The highest BCUT2D eigenvalue weighted by Crippen LogP contribution is 2.31. The fourth-order valence-corrected chi connectivity index (χ4v) is 2.69. The highest BCUT2D eigenvalue weighted by Gasteiger charge is 2.42. The molecule has 1 aliphatic rings. The fourth-order valence-electron chi connectivity index (χ4n) is 2.69. The molecule has 1 N–H and O–H groups in total. The topological polar surface area (TPSA) is 57.6 Å². The zero-order valence-electron chi connectivity index (χ0n) is 10.6. The van der Waals surface area contributed by atoms with Crippen molar-refractivity contribution in [2.45, 2.75) is 25.0 Å². The monoisotopic (exact) mass is 259 g/mol. The quantitative estimate of drug-likeness (QED) is 0.646. The summed E-state index contributed by atoms with van der Waals surface area (Å²) in [4.78, 5) is 24.2. The number of carboxylic acids is 1. The summed E-state index contributed by atoms with van der Waals surface area (Å²) in [6, 6.07) is 8.82. The normalized spacial score (nSPS) is 27.1. The molecule has 1 aromatic rings. The molecule has 1 saturated heterocycles. The predicted molar refractivity (Wildman–Crippen MR) is 71.6 cm³/mol. The molecule has 1 heterocycles. The fraction of sp³-hybridized carbons (Fsp3) is 0.333. The Balaban J connectivity index is 2.24. The number of nitrogens with zero attached hydrogens (tertiary/aromatic N) is 1. The van der Waals surface area contributed by atoms with Crippen molar-refractivity contribution >= 4 is 12.3 Å². The molecule has 0 aromatic heterocycles. The van der Waals surface area contributed by atoms with Crippen LogP contribution in [0.1, 0.15) is 12.0 Å². The summed E-state index contributed by atoms with van der Waals surface area (Å²) >= 11 is 0. The lowest BCUT2D eigenvalue weighted by atomic mass is 10.0. The van der Waals surface area contributed by atoms with Gasteiger partial charge in [0.2, 0.25) is 0 Å². The SMILES string of the molecule is C=C[C@H]1[C@@H](C=O)C[C@H](C(=O)O)N1Cc1ccccc1. The second-order valence-corrected chi connectivity index (χ2v) is 4.77. The van der Waals surface area contributed by atoms with Crippen molar-refractivity contribution in [1.29, 1.82) is 0 Å². The molecule has 4 nitrogen and oxygen atoms in total. The second kappa shape index (κ2) is 5.80. The van der Waals surface area contributed by atoms with Gasteiger partial charge in [-0.15, -0.1) is 6.58 Å². The second-order valence-electron chi connectivity index (χ2n) is 4.77. The van der Waals surface area contributed by atoms with Crippen LogP contribution in [0.3, 0.4) is 0 Å². The van der Waals surface area contributed by atoms with Crippen LogP contribution in [0, 0.1) is 5.92 Å². The molecule has 19 heavy (non-hydrogen) atoms. The lowest BCUT2D eigenvalue weighted by Crippen LogP contribution is -2.40. The lowest BCUT2D eigenvalue weighted by Gasteiger charge is -2.26. The van der Waals surface area contributed by atoms with Gasteiger partial charge < -0.3 is 9.90 Å². The summed E-state index contributed by atoms with van der Waals surface area (Å²) < 4.78 is 0. The first kappa shape index (κ1) is 13.5. The van der Waals surface area contributed by atoms with E-state index in [1.54, 1.807) is 6.08 Å². The van der Waals surface area contributed by atoms with Crippen molar-refractivity contribution in [2.24, 2.45) is 5.92 Å². The van der Waals surface area contributed by atoms with Crippen LogP contribution in [0.25, 0.3) is 0 Å². The van der Waals surface area contributed by atoms with Gasteiger partial charge >= 0.3 is 5.97 Å². The molecule has 1 aromatic carbocycles. The Bertz CT molecular complexity index is 472. The molecular formula is C15H17NO3. The van der Waals surface area contributed by atoms with Crippen LogP contribution < -0.4 is 0 Å². The molecular weight excluding hydrogens is 242 g/mol. The van der Waals surface area contributed by atoms with Crippen molar-refractivity contribution in [3.63, 3.8) is 0 Å². The molecule has 0 unspecified atom stereocenters. The van der Waals surface area contributed by atoms with Crippen molar-refractivity contribution in [1.82, 2.24) is 4.90 Å². The van der Waals surface area contributed by atoms with Crippen LogP contribution in [0.4, 0.5) is 0 Å². The average molecular weight is 259 g/mol. The third-order valence-electron chi connectivity index (χ3n) is 3.63. The number of aliphatic carboxylic acids is 1. The maximum Gasteiger partial charge on any atom is 0.320 e. The van der Waals surface area contributed by atoms with Gasteiger partial charge in [-0.2, -0.15) is 0 Å². The molecule has 0 aliphatic carbocycles. The van der Waals surface area contributed by atoms with Gasteiger partial charge in [0.15, 0.2) is 0 Å². The molecule has 0 spiro atoms. The van der Waals surface area contributed by atoms with Crippen molar-refractivity contribution < 1.29 is 14.7 Å². The highest BCUT2D eigenvalue weighted by atomic mass is 16.4. The third kappa shape index (κ3) is 2.74. The van der Waals surface area contributed by atoms with Crippen molar-refractivity contribution in [3.8, 4) is 0 Å². The molecule has 3 atom stereocenters. The van der Waals surface area contributed by atoms with Crippen LogP contribution in [0.5, 0.6) is 0 Å². The predicted octanol–water partition coefficient (Wildman–Crippen LogP) is 1.72. The number of carboxylic acid groups (broad SMARTS) is 1. The summed E-state index contributed by atoms with van der Waals surface area (Å²) in [5, 5.41) is 9.30. The van der Waals surface area contributed by atoms with E-state index in [-0.39, 0.29) is 12.0 Å². The van der Waals surface area contributed by atoms with Crippen LogP contribution >= 0.6 is 0 Å². The van der Waals surface area contributed by atoms with Crippen LogP contribution in [0.15, 0.2) is 43.0 Å². The molecule has 0 radical (unpaired) electrons. The van der Waals surface area contributed by atoms with Gasteiger partial charge in [0.05, 0.1) is 0 Å². The molecule has 2 rings (SSSR count). The largest absolute Gasteiger partial charge is 0.480 e. The van der Waals surface area contributed by atoms with E-state index in [9.17, 15) is 14.7 Å². The minimum Gasteiger partial charge on any atom is -0.480 e. The molecule has 0 amide bonds. The van der Waals surface area contributed by atoms with Gasteiger partial charge in [0.1, 0.15) is 12.3 Å². The first-order chi connectivity index (χ1) is 9.17. The van der Waals surface area contributed by atoms with E-state index in [2.05, 4.69) is 6.58 Å². The van der Waals surface area contributed by atoms with Crippen LogP contribution in [-0.2, 0) is 16.1 Å². The first-order valence-electron chi connectivity index (χ1n) is 6.27. The molecule has 100 valence electrons. The van der Waals surface area contributed by atoms with Crippen molar-refractivity contribution in [2.75, 3.05) is 0 Å². The van der Waals surface area contributed by atoms with Gasteiger partial charge in [-0.05, 0) is 12.0 Å². The average Bonchev–Trinajstić information content (AvgIpc) is 2.77. The number of rotatable bonds is 5. The Morgan fingerprint density at radius 2 is 2.11 bits per heavy atom. The third-order valence-corrected chi connectivity index (χ3v) is 3.63. The van der Waals surface area contributed by atoms with E-state index in [1.807, 2.05) is 35.2 Å². The lowest BCUT2D eigenvalue weighted by molar-refractivity contribution is -0.142. The Kier molecular flexibility index (Phi) is 4.12. The number of likely N-dealkylation sites (tertiary alicyclic amines) is 1. The number of hydrogen-bond donors (Lipinski definition) is 1. The number of aldehydes is 1. The summed E-state index contributed by atoms with van der Waals surface area (Å²) in [6.45, 7) is 4.25. The Hall–Kier alpha value is -1.94. The first-order valence-corrected chi connectivity index (χ1v) is 6.27. The Labute approximate surface area is 112 Å². The smallest absolute Gasteiger partial charge is 0.320 e. The van der Waals surface area contributed by atoms with Crippen LogP contribution in [-0.4, -0.2) is 34.3 Å².